The summed E-state index contributed by atoms with van der Waals surface area (Å²) in [4.78, 5) is 26.0. The van der Waals surface area contributed by atoms with Crippen LogP contribution in [0, 0.1) is 11.7 Å². The fraction of sp³-hybridized carbons (Fsp3) is 0.348. The average molecular weight is 442 g/mol. The lowest BCUT2D eigenvalue weighted by Crippen LogP contribution is -2.49. The first-order chi connectivity index (χ1) is 14.7. The van der Waals surface area contributed by atoms with Gasteiger partial charge >= 0.3 is 0 Å². The predicted molar refractivity (Wildman–Crippen MR) is 122 cm³/mol. The molecule has 8 heteroatoms. The largest absolute Gasteiger partial charge is 0.365 e. The van der Waals surface area contributed by atoms with E-state index in [0.717, 1.165) is 48.2 Å². The Bertz CT molecular complexity index is 1070. The molecular formula is C23H25ClFN5O. The van der Waals surface area contributed by atoms with E-state index in [1.807, 2.05) is 29.2 Å². The van der Waals surface area contributed by atoms with Crippen LogP contribution in [0.5, 0.6) is 0 Å². The minimum Gasteiger partial charge on any atom is -0.365 e. The quantitative estimate of drug-likeness (QED) is 0.651. The Hall–Kier alpha value is -2.93. The lowest BCUT2D eigenvalue weighted by molar-refractivity contribution is -0.132. The molecule has 1 aromatic heterocycles. The molecule has 0 atom stereocenters. The van der Waals surface area contributed by atoms with E-state index < -0.39 is 0 Å². The van der Waals surface area contributed by atoms with E-state index in [4.69, 9.17) is 9.97 Å². The van der Waals surface area contributed by atoms with Crippen molar-refractivity contribution >= 4 is 41.0 Å². The normalized spacial score (nSPS) is 16.2. The van der Waals surface area contributed by atoms with Gasteiger partial charge in [-0.15, -0.1) is 12.4 Å². The van der Waals surface area contributed by atoms with Crippen LogP contribution in [0.3, 0.4) is 0 Å². The summed E-state index contributed by atoms with van der Waals surface area (Å²) in [5.74, 6) is 1.75. The van der Waals surface area contributed by atoms with Crippen LogP contribution in [0.25, 0.3) is 10.9 Å². The highest BCUT2D eigenvalue weighted by molar-refractivity contribution is 5.90. The van der Waals surface area contributed by atoms with Crippen LogP contribution in [-0.4, -0.2) is 47.0 Å². The SMILES string of the molecule is Cl.O=C(C1CC1)N1CCN(c2nc(NCc3ccc(F)cc3)c3ccccc3n2)CC1. The molecule has 1 amide bonds. The number of hydrogen-bond acceptors (Lipinski definition) is 5. The number of amides is 1. The number of piperazine rings is 1. The molecule has 0 radical (unpaired) electrons. The molecule has 6 nitrogen and oxygen atoms in total. The van der Waals surface area contributed by atoms with E-state index in [1.165, 1.54) is 12.1 Å². The Morgan fingerprint density at radius 2 is 1.71 bits per heavy atom. The van der Waals surface area contributed by atoms with Gasteiger partial charge in [0.05, 0.1) is 5.52 Å². The molecule has 0 spiro atoms. The van der Waals surface area contributed by atoms with Gasteiger partial charge < -0.3 is 15.1 Å². The molecule has 2 aromatic carbocycles. The highest BCUT2D eigenvalue weighted by Gasteiger charge is 2.34. The van der Waals surface area contributed by atoms with Gasteiger partial charge in [0, 0.05) is 44.0 Å². The van der Waals surface area contributed by atoms with E-state index in [1.54, 1.807) is 12.1 Å². The van der Waals surface area contributed by atoms with Crippen LogP contribution in [0.4, 0.5) is 16.2 Å². The summed E-state index contributed by atoms with van der Waals surface area (Å²) in [5, 5.41) is 4.34. The minimum atomic E-state index is -0.243. The number of carbonyl (C=O) groups is 1. The van der Waals surface area contributed by atoms with Gasteiger partial charge in [-0.1, -0.05) is 24.3 Å². The first-order valence-electron chi connectivity index (χ1n) is 10.5. The molecule has 0 unspecified atom stereocenters. The van der Waals surface area contributed by atoms with Crippen LogP contribution >= 0.6 is 12.4 Å². The lowest BCUT2D eigenvalue weighted by atomic mass is 10.2. The van der Waals surface area contributed by atoms with Crippen molar-refractivity contribution in [3.8, 4) is 0 Å². The molecule has 3 aromatic rings. The number of hydrogen-bond donors (Lipinski definition) is 1. The zero-order valence-corrected chi connectivity index (χ0v) is 17.9. The molecule has 31 heavy (non-hydrogen) atoms. The summed E-state index contributed by atoms with van der Waals surface area (Å²) in [6, 6.07) is 14.4. The van der Waals surface area contributed by atoms with Crippen LogP contribution in [0.2, 0.25) is 0 Å². The maximum absolute atomic E-state index is 13.2. The Balaban J connectivity index is 0.00000231. The van der Waals surface area contributed by atoms with Gasteiger partial charge in [0.2, 0.25) is 11.9 Å². The summed E-state index contributed by atoms with van der Waals surface area (Å²) in [6.45, 7) is 3.43. The number of rotatable bonds is 5. The summed E-state index contributed by atoms with van der Waals surface area (Å²) in [7, 11) is 0. The van der Waals surface area contributed by atoms with Gasteiger partial charge in [0.15, 0.2) is 0 Å². The van der Waals surface area contributed by atoms with Gasteiger partial charge in [-0.25, -0.2) is 9.37 Å². The molecule has 1 saturated heterocycles. The smallest absolute Gasteiger partial charge is 0.228 e. The summed E-state index contributed by atoms with van der Waals surface area (Å²) >= 11 is 0. The van der Waals surface area contributed by atoms with Crippen molar-refractivity contribution in [3.05, 3.63) is 59.9 Å². The molecular weight excluding hydrogens is 417 g/mol. The Labute approximate surface area is 186 Å². The fourth-order valence-corrected chi connectivity index (χ4v) is 3.84. The zero-order chi connectivity index (χ0) is 20.5. The molecule has 162 valence electrons. The van der Waals surface area contributed by atoms with Crippen molar-refractivity contribution in [1.82, 2.24) is 14.9 Å². The van der Waals surface area contributed by atoms with Crippen LogP contribution < -0.4 is 10.2 Å². The fourth-order valence-electron chi connectivity index (χ4n) is 3.84. The third-order valence-corrected chi connectivity index (χ3v) is 5.77. The van der Waals surface area contributed by atoms with Crippen molar-refractivity contribution < 1.29 is 9.18 Å². The van der Waals surface area contributed by atoms with Crippen LogP contribution in [0.1, 0.15) is 18.4 Å². The first-order valence-corrected chi connectivity index (χ1v) is 10.5. The maximum atomic E-state index is 13.2. The molecule has 2 aliphatic rings. The predicted octanol–water partition coefficient (Wildman–Crippen LogP) is 3.86. The van der Waals surface area contributed by atoms with E-state index in [9.17, 15) is 9.18 Å². The summed E-state index contributed by atoms with van der Waals surface area (Å²) in [5.41, 5.74) is 1.86. The zero-order valence-electron chi connectivity index (χ0n) is 17.1. The maximum Gasteiger partial charge on any atom is 0.228 e. The summed E-state index contributed by atoms with van der Waals surface area (Å²) < 4.78 is 13.2. The van der Waals surface area contributed by atoms with Crippen molar-refractivity contribution in [2.24, 2.45) is 5.92 Å². The van der Waals surface area contributed by atoms with Crippen molar-refractivity contribution in [2.45, 2.75) is 19.4 Å². The number of nitrogens with zero attached hydrogens (tertiary/aromatic N) is 4. The monoisotopic (exact) mass is 441 g/mol. The standard InChI is InChI=1S/C23H24FN5O.ClH/c24-18-9-5-16(6-10-18)15-25-21-19-3-1-2-4-20(19)26-23(27-21)29-13-11-28(12-14-29)22(30)17-7-8-17;/h1-6,9-10,17H,7-8,11-15H2,(H,25,26,27);1H. The molecule has 1 aliphatic heterocycles. The van der Waals surface area contributed by atoms with Gasteiger partial charge in [0.25, 0.3) is 0 Å². The lowest BCUT2D eigenvalue weighted by Gasteiger charge is -2.35. The number of fused-ring (bicyclic) bond motifs is 1. The van der Waals surface area contributed by atoms with Crippen LogP contribution in [-0.2, 0) is 11.3 Å². The van der Waals surface area contributed by atoms with Gasteiger partial charge in [-0.2, -0.15) is 4.98 Å². The molecule has 1 aliphatic carbocycles. The topological polar surface area (TPSA) is 61.4 Å². The van der Waals surface area contributed by atoms with Crippen molar-refractivity contribution in [1.29, 1.82) is 0 Å². The third kappa shape index (κ3) is 4.71. The Morgan fingerprint density at radius 3 is 2.42 bits per heavy atom. The Kier molecular flexibility index (Phi) is 6.23. The Morgan fingerprint density at radius 1 is 1.00 bits per heavy atom. The first kappa shape index (κ1) is 21.3. The van der Waals surface area contributed by atoms with E-state index in [-0.39, 0.29) is 24.1 Å². The number of aromatic nitrogens is 2. The van der Waals surface area contributed by atoms with Crippen LogP contribution in [0.15, 0.2) is 48.5 Å². The molecule has 5 rings (SSSR count). The molecule has 0 bridgehead atoms. The van der Waals surface area contributed by atoms with E-state index in [2.05, 4.69) is 10.2 Å². The highest BCUT2D eigenvalue weighted by Crippen LogP contribution is 2.31. The second-order valence-corrected chi connectivity index (χ2v) is 7.96. The molecule has 1 saturated carbocycles. The number of benzene rings is 2. The van der Waals surface area contributed by atoms with Gasteiger partial charge in [-0.3, -0.25) is 4.79 Å². The van der Waals surface area contributed by atoms with Gasteiger partial charge in [-0.05, 0) is 42.7 Å². The van der Waals surface area contributed by atoms with E-state index in [0.29, 0.717) is 31.5 Å². The highest BCUT2D eigenvalue weighted by atomic mass is 35.5. The van der Waals surface area contributed by atoms with E-state index >= 15 is 0 Å². The second-order valence-electron chi connectivity index (χ2n) is 7.96. The molecule has 2 heterocycles. The molecule has 1 N–H and O–H groups in total. The van der Waals surface area contributed by atoms with Crippen molar-refractivity contribution in [3.63, 3.8) is 0 Å². The van der Waals surface area contributed by atoms with Crippen molar-refractivity contribution in [2.75, 3.05) is 36.4 Å². The number of para-hydroxylation sites is 1. The van der Waals surface area contributed by atoms with Gasteiger partial charge in [0.1, 0.15) is 11.6 Å². The third-order valence-electron chi connectivity index (χ3n) is 5.77. The minimum absolute atomic E-state index is 0. The number of anilines is 2. The number of halogens is 2. The number of carbonyl (C=O) groups excluding carboxylic acids is 1. The number of nitrogens with one attached hydrogen (secondary N) is 1. The second kappa shape index (κ2) is 9.06. The average Bonchev–Trinajstić information content (AvgIpc) is 3.63. The summed E-state index contributed by atoms with van der Waals surface area (Å²) in [6.07, 6.45) is 2.08. The molecule has 2 fully saturated rings.